The molecule has 0 saturated heterocycles. The molecular weight excluding hydrogens is 334 g/mol. The van der Waals surface area contributed by atoms with E-state index in [2.05, 4.69) is 24.3 Å². The molecule has 3 nitrogen and oxygen atoms in total. The van der Waals surface area contributed by atoms with Crippen molar-refractivity contribution in [1.82, 2.24) is 0 Å². The monoisotopic (exact) mass is 365 g/mol. The van der Waals surface area contributed by atoms with Crippen molar-refractivity contribution in [3.05, 3.63) is 65.7 Å². The fourth-order valence-corrected chi connectivity index (χ4v) is 3.71. The van der Waals surface area contributed by atoms with Gasteiger partial charge in [0.1, 0.15) is 5.60 Å². The van der Waals surface area contributed by atoms with Gasteiger partial charge < -0.3 is 4.74 Å². The van der Waals surface area contributed by atoms with Crippen molar-refractivity contribution in [3.63, 3.8) is 0 Å². The molecule has 0 heterocycles. The Morgan fingerprint density at radius 2 is 1.59 bits per heavy atom. The average molecular weight is 366 g/mol. The third-order valence-corrected chi connectivity index (χ3v) is 5.08. The summed E-state index contributed by atoms with van der Waals surface area (Å²) >= 11 is 0. The molecule has 2 aromatic carbocycles. The highest BCUT2D eigenvalue weighted by atomic mass is 16.6. The Balaban J connectivity index is 1.81. The first-order chi connectivity index (χ1) is 12.9. The Labute approximate surface area is 163 Å². The van der Waals surface area contributed by atoms with Crippen LogP contribution in [0.1, 0.15) is 69.9 Å². The molecule has 1 amide bonds. The summed E-state index contributed by atoms with van der Waals surface area (Å²) in [6.07, 6.45) is 6.25. The van der Waals surface area contributed by atoms with Gasteiger partial charge in [-0.3, -0.25) is 4.90 Å². The first-order valence-electron chi connectivity index (χ1n) is 10.1. The number of carbonyl (C=O) groups excluding carboxylic acids is 1. The van der Waals surface area contributed by atoms with Crippen molar-refractivity contribution in [2.24, 2.45) is 0 Å². The molecule has 2 aromatic rings. The maximum absolute atomic E-state index is 12.9. The highest BCUT2D eigenvalue weighted by Crippen LogP contribution is 2.33. The van der Waals surface area contributed by atoms with E-state index < -0.39 is 5.60 Å². The van der Waals surface area contributed by atoms with Crippen LogP contribution in [0.5, 0.6) is 0 Å². The van der Waals surface area contributed by atoms with Crippen molar-refractivity contribution in [3.8, 4) is 0 Å². The van der Waals surface area contributed by atoms with Crippen LogP contribution in [0.25, 0.3) is 0 Å². The van der Waals surface area contributed by atoms with Crippen LogP contribution in [0.4, 0.5) is 10.5 Å². The standard InChI is InChI=1S/C24H31NO2/c1-24(2,3)27-23(26)25(18-19-10-6-4-7-11-19)22-16-14-21(15-17-22)20-12-8-5-9-13-20/h4,6-7,10-11,14-17,20H,5,8-9,12-13,18H2,1-3H3. The van der Waals surface area contributed by atoms with Crippen LogP contribution in [0.15, 0.2) is 54.6 Å². The fraction of sp³-hybridized carbons (Fsp3) is 0.458. The maximum Gasteiger partial charge on any atom is 0.415 e. The molecule has 27 heavy (non-hydrogen) atoms. The van der Waals surface area contributed by atoms with Gasteiger partial charge in [0.05, 0.1) is 6.54 Å². The van der Waals surface area contributed by atoms with Gasteiger partial charge in [0.15, 0.2) is 0 Å². The van der Waals surface area contributed by atoms with E-state index in [0.29, 0.717) is 12.5 Å². The molecule has 0 N–H and O–H groups in total. The van der Waals surface area contributed by atoms with Gasteiger partial charge in [0, 0.05) is 5.69 Å². The molecule has 0 radical (unpaired) electrons. The van der Waals surface area contributed by atoms with Crippen LogP contribution in [-0.4, -0.2) is 11.7 Å². The fourth-order valence-electron chi connectivity index (χ4n) is 3.71. The number of benzene rings is 2. The van der Waals surface area contributed by atoms with Gasteiger partial charge in [-0.25, -0.2) is 4.79 Å². The Morgan fingerprint density at radius 3 is 2.19 bits per heavy atom. The Hall–Kier alpha value is -2.29. The molecule has 0 atom stereocenters. The summed E-state index contributed by atoms with van der Waals surface area (Å²) in [5, 5.41) is 0. The zero-order valence-electron chi connectivity index (χ0n) is 16.8. The minimum absolute atomic E-state index is 0.309. The van der Waals surface area contributed by atoms with E-state index in [1.807, 2.05) is 51.1 Å². The molecule has 1 fully saturated rings. The second-order valence-electron chi connectivity index (χ2n) is 8.48. The lowest BCUT2D eigenvalue weighted by molar-refractivity contribution is 0.0577. The molecule has 0 aromatic heterocycles. The summed E-state index contributed by atoms with van der Waals surface area (Å²) in [4.78, 5) is 14.6. The lowest BCUT2D eigenvalue weighted by Gasteiger charge is -2.28. The van der Waals surface area contributed by atoms with Crippen LogP contribution in [0, 0.1) is 0 Å². The van der Waals surface area contributed by atoms with Crippen LogP contribution < -0.4 is 4.90 Å². The third-order valence-electron chi connectivity index (χ3n) is 5.08. The van der Waals surface area contributed by atoms with E-state index in [9.17, 15) is 4.79 Å². The van der Waals surface area contributed by atoms with Gasteiger partial charge in [-0.15, -0.1) is 0 Å². The number of anilines is 1. The molecule has 0 spiro atoms. The summed E-state index contributed by atoms with van der Waals surface area (Å²) in [5.41, 5.74) is 2.84. The van der Waals surface area contributed by atoms with Gasteiger partial charge in [0.2, 0.25) is 0 Å². The average Bonchev–Trinajstić information content (AvgIpc) is 2.66. The molecule has 0 bridgehead atoms. The lowest BCUT2D eigenvalue weighted by atomic mass is 9.84. The summed E-state index contributed by atoms with van der Waals surface area (Å²) in [6.45, 7) is 6.20. The van der Waals surface area contributed by atoms with E-state index >= 15 is 0 Å². The van der Waals surface area contributed by atoms with Crippen molar-refractivity contribution in [1.29, 1.82) is 0 Å². The van der Waals surface area contributed by atoms with Gasteiger partial charge in [-0.1, -0.05) is 61.7 Å². The SMILES string of the molecule is CC(C)(C)OC(=O)N(Cc1ccccc1)c1ccc(C2CCCCC2)cc1. The molecular formula is C24H31NO2. The van der Waals surface area contributed by atoms with Crippen molar-refractivity contribution in [2.75, 3.05) is 4.90 Å². The van der Waals surface area contributed by atoms with E-state index in [1.165, 1.54) is 37.7 Å². The number of ether oxygens (including phenoxy) is 1. The summed E-state index contributed by atoms with van der Waals surface area (Å²) < 4.78 is 5.66. The number of carbonyl (C=O) groups is 1. The molecule has 1 aliphatic carbocycles. The highest BCUT2D eigenvalue weighted by molar-refractivity contribution is 5.87. The van der Waals surface area contributed by atoms with Gasteiger partial charge in [-0.05, 0) is 62.8 Å². The van der Waals surface area contributed by atoms with Crippen molar-refractivity contribution in [2.45, 2.75) is 70.9 Å². The normalized spacial score (nSPS) is 15.4. The first-order valence-corrected chi connectivity index (χ1v) is 10.1. The molecule has 3 rings (SSSR count). The van der Waals surface area contributed by atoms with E-state index in [1.54, 1.807) is 4.90 Å². The summed E-state index contributed by atoms with van der Waals surface area (Å²) in [7, 11) is 0. The van der Waals surface area contributed by atoms with Crippen LogP contribution in [-0.2, 0) is 11.3 Å². The number of rotatable bonds is 4. The predicted octanol–water partition coefficient (Wildman–Crippen LogP) is 6.68. The molecule has 144 valence electrons. The Kier molecular flexibility index (Phi) is 6.20. The quantitative estimate of drug-likeness (QED) is 0.605. The number of nitrogens with zero attached hydrogens (tertiary/aromatic N) is 1. The smallest absolute Gasteiger partial charge is 0.415 e. The Bertz CT molecular complexity index is 725. The molecule has 1 saturated carbocycles. The summed E-state index contributed by atoms with van der Waals surface area (Å²) in [5.74, 6) is 0.664. The van der Waals surface area contributed by atoms with E-state index in [0.717, 1.165) is 11.3 Å². The topological polar surface area (TPSA) is 29.5 Å². The minimum atomic E-state index is -0.520. The number of hydrogen-bond donors (Lipinski definition) is 0. The second-order valence-corrected chi connectivity index (χ2v) is 8.48. The van der Waals surface area contributed by atoms with E-state index in [-0.39, 0.29) is 6.09 Å². The molecule has 1 aliphatic rings. The van der Waals surface area contributed by atoms with Crippen LogP contribution >= 0.6 is 0 Å². The largest absolute Gasteiger partial charge is 0.443 e. The van der Waals surface area contributed by atoms with Crippen molar-refractivity contribution >= 4 is 11.8 Å². The Morgan fingerprint density at radius 1 is 0.963 bits per heavy atom. The zero-order valence-corrected chi connectivity index (χ0v) is 16.8. The van der Waals surface area contributed by atoms with Gasteiger partial charge in [-0.2, -0.15) is 0 Å². The predicted molar refractivity (Wildman–Crippen MR) is 111 cm³/mol. The van der Waals surface area contributed by atoms with Gasteiger partial charge in [0.25, 0.3) is 0 Å². The maximum atomic E-state index is 12.9. The summed E-state index contributed by atoms with van der Waals surface area (Å²) in [6, 6.07) is 18.6. The lowest BCUT2D eigenvalue weighted by Crippen LogP contribution is -2.36. The third kappa shape index (κ3) is 5.59. The van der Waals surface area contributed by atoms with Crippen molar-refractivity contribution < 1.29 is 9.53 Å². The molecule has 3 heteroatoms. The van der Waals surface area contributed by atoms with Gasteiger partial charge >= 0.3 is 6.09 Å². The first kappa shape index (κ1) is 19.5. The minimum Gasteiger partial charge on any atom is -0.443 e. The second kappa shape index (κ2) is 8.60. The zero-order chi connectivity index (χ0) is 19.3. The van der Waals surface area contributed by atoms with E-state index in [4.69, 9.17) is 4.74 Å². The molecule has 0 unspecified atom stereocenters. The number of hydrogen-bond acceptors (Lipinski definition) is 2. The molecule has 0 aliphatic heterocycles. The van der Waals surface area contributed by atoms with Crippen LogP contribution in [0.2, 0.25) is 0 Å². The number of amides is 1. The highest BCUT2D eigenvalue weighted by Gasteiger charge is 2.24. The van der Waals surface area contributed by atoms with Crippen LogP contribution in [0.3, 0.4) is 0 Å².